The number of nitrogens with one attached hydrogen (secondary N) is 2. The lowest BCUT2D eigenvalue weighted by atomic mass is 9.95. The van der Waals surface area contributed by atoms with E-state index in [4.69, 9.17) is 4.74 Å². The molecule has 2 N–H and O–H groups in total. The average molecular weight is 400 g/mol. The Hall–Kier alpha value is -3.60. The number of hydrogen-bond donors (Lipinski definition) is 2. The quantitative estimate of drug-likeness (QED) is 0.677. The number of anilines is 1. The van der Waals surface area contributed by atoms with Crippen molar-refractivity contribution in [2.24, 2.45) is 5.92 Å². The van der Waals surface area contributed by atoms with Crippen molar-refractivity contribution in [1.82, 2.24) is 5.32 Å². The summed E-state index contributed by atoms with van der Waals surface area (Å²) < 4.78 is 5.80. The fourth-order valence-electron chi connectivity index (χ4n) is 3.47. The first kappa shape index (κ1) is 19.7. The molecule has 3 aromatic carbocycles. The molecule has 1 unspecified atom stereocenters. The molecule has 2 amide bonds. The maximum absolute atomic E-state index is 12.6. The summed E-state index contributed by atoms with van der Waals surface area (Å²) >= 11 is 0. The van der Waals surface area contributed by atoms with Crippen LogP contribution in [0, 0.1) is 12.8 Å². The molecule has 30 heavy (non-hydrogen) atoms. The van der Waals surface area contributed by atoms with E-state index < -0.39 is 0 Å². The van der Waals surface area contributed by atoms with Crippen LogP contribution in [0.25, 0.3) is 0 Å². The zero-order valence-corrected chi connectivity index (χ0v) is 16.9. The minimum absolute atomic E-state index is 0.0278. The predicted molar refractivity (Wildman–Crippen MR) is 117 cm³/mol. The van der Waals surface area contributed by atoms with Gasteiger partial charge in [0.25, 0.3) is 5.91 Å². The molecule has 0 aromatic heterocycles. The SMILES string of the molecule is Cc1ccc(CNC(=O)C2COc3ccc(NC(=O)c4ccccc4)cc3C2)cc1. The normalized spacial score (nSPS) is 14.9. The highest BCUT2D eigenvalue weighted by Crippen LogP contribution is 2.30. The topological polar surface area (TPSA) is 67.4 Å². The second kappa shape index (κ2) is 8.82. The Morgan fingerprint density at radius 1 is 1.00 bits per heavy atom. The summed E-state index contributed by atoms with van der Waals surface area (Å²) in [6, 6.07) is 22.7. The Labute approximate surface area is 176 Å². The zero-order valence-electron chi connectivity index (χ0n) is 16.9. The number of carbonyl (C=O) groups is 2. The number of rotatable bonds is 5. The molecule has 0 saturated heterocycles. The summed E-state index contributed by atoms with van der Waals surface area (Å²) in [5.74, 6) is 0.304. The summed E-state index contributed by atoms with van der Waals surface area (Å²) in [6.07, 6.45) is 0.574. The van der Waals surface area contributed by atoms with Crippen molar-refractivity contribution in [3.8, 4) is 5.75 Å². The van der Waals surface area contributed by atoms with Crippen LogP contribution in [-0.4, -0.2) is 18.4 Å². The Morgan fingerprint density at radius 2 is 1.77 bits per heavy atom. The third kappa shape index (κ3) is 4.69. The van der Waals surface area contributed by atoms with Crippen LogP contribution in [0.2, 0.25) is 0 Å². The molecule has 5 heteroatoms. The van der Waals surface area contributed by atoms with Gasteiger partial charge in [0.15, 0.2) is 0 Å². The zero-order chi connectivity index (χ0) is 20.9. The monoisotopic (exact) mass is 400 g/mol. The maximum atomic E-state index is 12.6. The van der Waals surface area contributed by atoms with Gasteiger partial charge < -0.3 is 15.4 Å². The molecule has 0 fully saturated rings. The molecule has 1 aliphatic rings. The standard InChI is InChI=1S/C25H24N2O3/c1-17-7-9-18(10-8-17)15-26-24(28)21-13-20-14-22(11-12-23(20)30-16-21)27-25(29)19-5-3-2-4-6-19/h2-12,14,21H,13,15-16H2,1H3,(H,26,28)(H,27,29). The van der Waals surface area contributed by atoms with Gasteiger partial charge in [-0.3, -0.25) is 9.59 Å². The molecule has 0 saturated carbocycles. The van der Waals surface area contributed by atoms with Crippen LogP contribution < -0.4 is 15.4 Å². The van der Waals surface area contributed by atoms with Crippen LogP contribution in [0.3, 0.4) is 0 Å². The number of fused-ring (bicyclic) bond motifs is 1. The molecule has 0 bridgehead atoms. The molecule has 0 radical (unpaired) electrons. The van der Waals surface area contributed by atoms with Crippen LogP contribution in [-0.2, 0) is 17.8 Å². The van der Waals surface area contributed by atoms with Gasteiger partial charge in [-0.2, -0.15) is 0 Å². The first-order chi connectivity index (χ1) is 14.6. The van der Waals surface area contributed by atoms with Crippen LogP contribution in [0.1, 0.15) is 27.0 Å². The van der Waals surface area contributed by atoms with Crippen molar-refractivity contribution in [2.45, 2.75) is 19.9 Å². The third-order valence-electron chi connectivity index (χ3n) is 5.22. The molecule has 0 spiro atoms. The minimum Gasteiger partial charge on any atom is -0.492 e. The van der Waals surface area contributed by atoms with Gasteiger partial charge in [-0.05, 0) is 54.8 Å². The molecule has 0 aliphatic carbocycles. The average Bonchev–Trinajstić information content (AvgIpc) is 2.78. The van der Waals surface area contributed by atoms with Crippen LogP contribution in [0.4, 0.5) is 5.69 Å². The van der Waals surface area contributed by atoms with Crippen molar-refractivity contribution in [3.63, 3.8) is 0 Å². The summed E-state index contributed by atoms with van der Waals surface area (Å²) in [6.45, 7) is 2.88. The Morgan fingerprint density at radius 3 is 2.53 bits per heavy atom. The van der Waals surface area contributed by atoms with Crippen LogP contribution >= 0.6 is 0 Å². The fraction of sp³-hybridized carbons (Fsp3) is 0.200. The lowest BCUT2D eigenvalue weighted by Gasteiger charge is -2.25. The smallest absolute Gasteiger partial charge is 0.255 e. The molecular weight excluding hydrogens is 376 g/mol. The largest absolute Gasteiger partial charge is 0.492 e. The number of hydrogen-bond acceptors (Lipinski definition) is 3. The molecular formula is C25H24N2O3. The second-order valence-corrected chi connectivity index (χ2v) is 7.56. The molecule has 4 rings (SSSR count). The van der Waals surface area contributed by atoms with Gasteiger partial charge in [-0.1, -0.05) is 48.0 Å². The van der Waals surface area contributed by atoms with Crippen LogP contribution in [0.15, 0.2) is 72.8 Å². The van der Waals surface area contributed by atoms with E-state index in [2.05, 4.69) is 10.6 Å². The number of ether oxygens (including phenoxy) is 1. The highest BCUT2D eigenvalue weighted by molar-refractivity contribution is 6.04. The lowest BCUT2D eigenvalue weighted by Crippen LogP contribution is -2.37. The predicted octanol–water partition coefficient (Wildman–Crippen LogP) is 4.11. The Kier molecular flexibility index (Phi) is 5.80. The van der Waals surface area contributed by atoms with E-state index >= 15 is 0 Å². The summed E-state index contributed by atoms with van der Waals surface area (Å²) in [5.41, 5.74) is 4.46. The number of aryl methyl sites for hydroxylation is 1. The number of carbonyl (C=O) groups excluding carboxylic acids is 2. The van der Waals surface area contributed by atoms with Crippen molar-refractivity contribution < 1.29 is 14.3 Å². The van der Waals surface area contributed by atoms with Gasteiger partial charge in [0.2, 0.25) is 5.91 Å². The summed E-state index contributed by atoms with van der Waals surface area (Å²) in [7, 11) is 0. The number of amides is 2. The first-order valence-electron chi connectivity index (χ1n) is 10.0. The van der Waals surface area contributed by atoms with Crippen LogP contribution in [0.5, 0.6) is 5.75 Å². The van der Waals surface area contributed by atoms with Gasteiger partial charge in [-0.25, -0.2) is 0 Å². The number of benzene rings is 3. The van der Waals surface area contributed by atoms with E-state index in [1.165, 1.54) is 5.56 Å². The Bertz CT molecular complexity index is 1050. The molecule has 3 aromatic rings. The van der Waals surface area contributed by atoms with Gasteiger partial charge >= 0.3 is 0 Å². The van der Waals surface area contributed by atoms with Crippen molar-refractivity contribution in [2.75, 3.05) is 11.9 Å². The van der Waals surface area contributed by atoms with E-state index in [0.717, 1.165) is 16.9 Å². The third-order valence-corrected chi connectivity index (χ3v) is 5.22. The molecule has 152 valence electrons. The molecule has 1 heterocycles. The second-order valence-electron chi connectivity index (χ2n) is 7.56. The highest BCUT2D eigenvalue weighted by Gasteiger charge is 2.26. The lowest BCUT2D eigenvalue weighted by molar-refractivity contribution is -0.126. The van der Waals surface area contributed by atoms with Gasteiger partial charge in [-0.15, -0.1) is 0 Å². The van der Waals surface area contributed by atoms with E-state index in [1.807, 2.05) is 67.6 Å². The molecule has 5 nitrogen and oxygen atoms in total. The maximum Gasteiger partial charge on any atom is 0.255 e. The highest BCUT2D eigenvalue weighted by atomic mass is 16.5. The first-order valence-corrected chi connectivity index (χ1v) is 10.0. The summed E-state index contributed by atoms with van der Waals surface area (Å²) in [4.78, 5) is 25.0. The van der Waals surface area contributed by atoms with Crippen molar-refractivity contribution >= 4 is 17.5 Å². The van der Waals surface area contributed by atoms with E-state index in [9.17, 15) is 9.59 Å². The van der Waals surface area contributed by atoms with Crippen molar-refractivity contribution in [1.29, 1.82) is 0 Å². The fourth-order valence-corrected chi connectivity index (χ4v) is 3.47. The van der Waals surface area contributed by atoms with E-state index in [-0.39, 0.29) is 17.7 Å². The molecule has 1 aliphatic heterocycles. The minimum atomic E-state index is -0.261. The van der Waals surface area contributed by atoms with Gasteiger partial charge in [0, 0.05) is 17.8 Å². The van der Waals surface area contributed by atoms with E-state index in [0.29, 0.717) is 30.8 Å². The molecule has 1 atom stereocenters. The summed E-state index contributed by atoms with van der Waals surface area (Å²) in [5, 5.41) is 5.91. The Balaban J connectivity index is 1.38. The van der Waals surface area contributed by atoms with Gasteiger partial charge in [0.1, 0.15) is 12.4 Å². The van der Waals surface area contributed by atoms with Gasteiger partial charge in [0.05, 0.1) is 5.92 Å². The van der Waals surface area contributed by atoms with Crippen molar-refractivity contribution in [3.05, 3.63) is 95.1 Å². The van der Waals surface area contributed by atoms with E-state index in [1.54, 1.807) is 12.1 Å².